The van der Waals surface area contributed by atoms with Crippen LogP contribution in [0.5, 0.6) is 11.6 Å². The topological polar surface area (TPSA) is 206 Å². The summed E-state index contributed by atoms with van der Waals surface area (Å²) in [7, 11) is -2.66. The lowest BCUT2D eigenvalue weighted by molar-refractivity contribution is -0.144. The molecule has 4 fully saturated rings. The summed E-state index contributed by atoms with van der Waals surface area (Å²) in [4.78, 5) is 63.6. The number of carbonyl (C=O) groups is 4. The predicted octanol–water partition coefficient (Wildman–Crippen LogP) is 4.90. The third kappa shape index (κ3) is 9.62. The zero-order valence-corrected chi connectivity index (χ0v) is 34.4. The predicted molar refractivity (Wildman–Crippen MR) is 204 cm³/mol. The molecular formula is C39H52F4N6O9S. The quantitative estimate of drug-likeness (QED) is 0.124. The number of alkyl halides is 4. The van der Waals surface area contributed by atoms with E-state index >= 15 is 8.78 Å². The minimum atomic E-state index is -4.10. The van der Waals surface area contributed by atoms with E-state index in [4.69, 9.17) is 9.47 Å². The van der Waals surface area contributed by atoms with Gasteiger partial charge in [-0.3, -0.25) is 19.1 Å². The Labute approximate surface area is 339 Å². The third-order valence-electron chi connectivity index (χ3n) is 11.9. The van der Waals surface area contributed by atoms with Crippen LogP contribution < -0.4 is 20.1 Å². The lowest BCUT2D eigenvalue weighted by Gasteiger charge is -2.36. The number of nitrogens with zero attached hydrogens (tertiary/aromatic N) is 3. The van der Waals surface area contributed by atoms with E-state index < -0.39 is 117 Å². The van der Waals surface area contributed by atoms with Gasteiger partial charge in [0, 0.05) is 19.0 Å². The van der Waals surface area contributed by atoms with Crippen molar-refractivity contribution in [2.75, 3.05) is 13.7 Å². The number of fused-ring (bicyclic) bond motifs is 1. The highest BCUT2D eigenvalue weighted by Crippen LogP contribution is 2.49. The van der Waals surface area contributed by atoms with Crippen molar-refractivity contribution >= 4 is 44.9 Å². The fourth-order valence-corrected chi connectivity index (χ4v) is 9.32. The van der Waals surface area contributed by atoms with Crippen LogP contribution in [0.4, 0.5) is 22.4 Å². The van der Waals surface area contributed by atoms with Gasteiger partial charge in [0.2, 0.25) is 34.1 Å². The summed E-state index contributed by atoms with van der Waals surface area (Å²) in [6, 6.07) is 2.11. The molecule has 59 heavy (non-hydrogen) atoms. The Morgan fingerprint density at radius 2 is 1.76 bits per heavy atom. The van der Waals surface area contributed by atoms with Crippen LogP contribution in [0.15, 0.2) is 18.2 Å². The number of unbranched alkanes of at least 4 members (excludes halogenated alkanes) is 1. The number of benzene rings is 1. The minimum Gasteiger partial charge on any atom is -0.497 e. The summed E-state index contributed by atoms with van der Waals surface area (Å²) in [5.74, 6) is -8.76. The number of sulfonamides is 1. The van der Waals surface area contributed by atoms with Gasteiger partial charge in [0.25, 0.3) is 11.8 Å². The fraction of sp³-hybridized carbons (Fsp3) is 0.692. The van der Waals surface area contributed by atoms with Crippen LogP contribution in [0.3, 0.4) is 0 Å². The number of aromatic nitrogens is 2. The number of carbonyl (C=O) groups excluding carboxylic acids is 4. The van der Waals surface area contributed by atoms with E-state index in [0.29, 0.717) is 50.7 Å². The van der Waals surface area contributed by atoms with Crippen molar-refractivity contribution < 1.29 is 59.7 Å². The van der Waals surface area contributed by atoms with Crippen molar-refractivity contribution in [1.29, 1.82) is 0 Å². The molecule has 4 aliphatic rings. The van der Waals surface area contributed by atoms with Crippen molar-refractivity contribution in [2.24, 2.45) is 23.2 Å². The molecule has 1 aliphatic heterocycles. The average Bonchev–Trinajstić information content (AvgIpc) is 4.09. The Bertz CT molecular complexity index is 2070. The van der Waals surface area contributed by atoms with Gasteiger partial charge in [-0.05, 0) is 74.3 Å². The van der Waals surface area contributed by atoms with Crippen LogP contribution in [0.1, 0.15) is 97.6 Å². The van der Waals surface area contributed by atoms with E-state index in [9.17, 15) is 41.5 Å². The van der Waals surface area contributed by atoms with E-state index in [2.05, 4.69) is 20.6 Å². The van der Waals surface area contributed by atoms with Gasteiger partial charge in [-0.1, -0.05) is 40.5 Å². The highest BCUT2D eigenvalue weighted by atomic mass is 32.2. The zero-order chi connectivity index (χ0) is 43.2. The standard InChI is InChI=1S/C39H52F4N6O9S/c1-6-20-14-16-49(28(20)32(50)47-38(19-24(38)31(40)41)35(53)48-59(55,56)23-11-12-23)34(52)30(37(2,3)4)46-36(54)58-27-17-21(27)9-7-8-15-39(42,43)29-33(51)45-26-18-22(57-5)10-13-25(26)44-29/h10,13,18,20-21,23-24,27-28,30-31H,6-9,11-12,14-17,19H2,1-5H3,(H,45,51)(H,46,54)(H,47,50)(H,48,53)/t20-,21-,24+,27?,28+,30-,38?/m1/s1. The molecular weight excluding hydrogens is 805 g/mol. The Morgan fingerprint density at radius 1 is 1.05 bits per heavy atom. The largest absolute Gasteiger partial charge is 0.497 e. The van der Waals surface area contributed by atoms with Gasteiger partial charge < -0.3 is 30.1 Å². The molecule has 0 spiro atoms. The monoisotopic (exact) mass is 856 g/mol. The van der Waals surface area contributed by atoms with Gasteiger partial charge in [0.05, 0.1) is 29.3 Å². The number of nitrogens with one attached hydrogen (secondary N) is 3. The van der Waals surface area contributed by atoms with Gasteiger partial charge in [0.1, 0.15) is 29.5 Å². The van der Waals surface area contributed by atoms with Gasteiger partial charge in [-0.2, -0.15) is 8.78 Å². The van der Waals surface area contributed by atoms with Crippen molar-refractivity contribution in [1.82, 2.24) is 30.2 Å². The third-order valence-corrected chi connectivity index (χ3v) is 13.7. The molecule has 4 N–H and O–H groups in total. The van der Waals surface area contributed by atoms with Gasteiger partial charge in [-0.25, -0.2) is 32.0 Å². The highest BCUT2D eigenvalue weighted by Gasteiger charge is 2.67. The van der Waals surface area contributed by atoms with Crippen LogP contribution in [0, 0.1) is 23.2 Å². The number of halogens is 4. The lowest BCUT2D eigenvalue weighted by Crippen LogP contribution is -2.61. The van der Waals surface area contributed by atoms with Crippen LogP contribution in [-0.2, 0) is 35.1 Å². The molecule has 326 valence electrons. The van der Waals surface area contributed by atoms with Crippen LogP contribution >= 0.6 is 0 Å². The molecule has 7 atom stereocenters. The number of likely N-dealkylation sites (tertiary alicyclic amines) is 1. The van der Waals surface area contributed by atoms with Crippen molar-refractivity contribution in [3.05, 3.63) is 23.9 Å². The molecule has 6 rings (SSSR count). The molecule has 4 amide bonds. The molecule has 0 radical (unpaired) electrons. The van der Waals surface area contributed by atoms with E-state index in [0.717, 1.165) is 0 Å². The summed E-state index contributed by atoms with van der Waals surface area (Å²) in [5, 5.41) is 14.5. The van der Waals surface area contributed by atoms with E-state index in [1.807, 2.05) is 4.72 Å². The Hall–Kier alpha value is -4.49. The molecule has 2 heterocycles. The number of hydrogen-bond donors (Lipinski definition) is 4. The first-order valence-electron chi connectivity index (χ1n) is 20.0. The Morgan fingerprint density at radius 3 is 2.37 bits per heavy atom. The van der Waals surface area contributed by atoms with E-state index in [1.165, 1.54) is 24.1 Å². The summed E-state index contributed by atoms with van der Waals surface area (Å²) >= 11 is 0. The Kier molecular flexibility index (Phi) is 12.3. The maximum atomic E-state index is 15.1. The highest BCUT2D eigenvalue weighted by molar-refractivity contribution is 7.91. The van der Waals surface area contributed by atoms with Gasteiger partial charge in [-0.15, -0.1) is 0 Å². The Balaban J connectivity index is 1.03. The zero-order valence-electron chi connectivity index (χ0n) is 33.6. The number of methoxy groups -OCH3 is 1. The number of hydrogen-bond acceptors (Lipinski definition) is 11. The molecule has 3 saturated carbocycles. The number of rotatable bonds is 17. The molecule has 20 heteroatoms. The summed E-state index contributed by atoms with van der Waals surface area (Å²) < 4.78 is 95.7. The number of alkyl carbamates (subject to hydrolysis) is 1. The number of amides is 4. The molecule has 3 aliphatic carbocycles. The van der Waals surface area contributed by atoms with Crippen LogP contribution in [-0.4, -0.2) is 101 Å². The average molecular weight is 857 g/mol. The summed E-state index contributed by atoms with van der Waals surface area (Å²) in [6.45, 7) is 6.99. The molecule has 1 saturated heterocycles. The first-order chi connectivity index (χ1) is 27.6. The number of aromatic hydroxyl groups is 1. The van der Waals surface area contributed by atoms with E-state index in [-0.39, 0.29) is 29.9 Å². The van der Waals surface area contributed by atoms with Gasteiger partial charge >= 0.3 is 6.09 Å². The molecule has 0 bridgehead atoms. The second-order valence-corrected chi connectivity index (χ2v) is 19.3. The maximum absolute atomic E-state index is 15.1. The minimum absolute atomic E-state index is 0.0856. The molecule has 1 aromatic heterocycles. The second kappa shape index (κ2) is 16.5. The molecule has 2 aromatic rings. The maximum Gasteiger partial charge on any atom is 0.408 e. The molecule has 15 nitrogen and oxygen atoms in total. The van der Waals surface area contributed by atoms with Crippen molar-refractivity contribution in [2.45, 2.75) is 133 Å². The smallest absolute Gasteiger partial charge is 0.408 e. The fourth-order valence-electron chi connectivity index (χ4n) is 7.96. The molecule has 2 unspecified atom stereocenters. The van der Waals surface area contributed by atoms with Crippen molar-refractivity contribution in [3.8, 4) is 11.6 Å². The summed E-state index contributed by atoms with van der Waals surface area (Å²) in [6.07, 6.45) is -2.63. The first kappa shape index (κ1) is 44.1. The van der Waals surface area contributed by atoms with Crippen molar-refractivity contribution in [3.63, 3.8) is 0 Å². The normalized spacial score (nSPS) is 26.0. The van der Waals surface area contributed by atoms with Crippen LogP contribution in [0.2, 0.25) is 0 Å². The lowest BCUT2D eigenvalue weighted by atomic mass is 9.85. The van der Waals surface area contributed by atoms with Gasteiger partial charge in [0.15, 0.2) is 5.69 Å². The first-order valence-corrected chi connectivity index (χ1v) is 21.5. The number of ether oxygens (including phenoxy) is 2. The van der Waals surface area contributed by atoms with E-state index in [1.54, 1.807) is 33.8 Å². The van der Waals surface area contributed by atoms with Crippen LogP contribution in [0.25, 0.3) is 11.0 Å². The molecule has 1 aromatic carbocycles. The summed E-state index contributed by atoms with van der Waals surface area (Å²) in [5.41, 5.74) is -3.50. The second-order valence-electron chi connectivity index (χ2n) is 17.3. The SMILES string of the molecule is CC[C@@H]1CCN(C(=O)[C@@H](NC(=O)OC2C[C@H]2CCCCC(F)(F)c2nc3ccc(OC)cc3nc2O)C(C)(C)C)[C@@H]1C(=O)NC1(C(=O)NS(=O)(=O)C2CC2)C[C@H]1C(F)F.